The van der Waals surface area contributed by atoms with Gasteiger partial charge in [0.1, 0.15) is 0 Å². The van der Waals surface area contributed by atoms with E-state index >= 15 is 0 Å². The molecule has 1 unspecified atom stereocenters. The predicted molar refractivity (Wildman–Crippen MR) is 98.5 cm³/mol. The highest BCUT2D eigenvalue weighted by Gasteiger charge is 2.28. The third kappa shape index (κ3) is 4.37. The number of urea groups is 1. The van der Waals surface area contributed by atoms with Gasteiger partial charge in [0.2, 0.25) is 0 Å². The zero-order valence-corrected chi connectivity index (χ0v) is 15.0. The lowest BCUT2D eigenvalue weighted by molar-refractivity contribution is -0.143. The van der Waals surface area contributed by atoms with E-state index in [-0.39, 0.29) is 12.6 Å². The third-order valence-corrected chi connectivity index (χ3v) is 5.19. The molecule has 1 aromatic carbocycles. The number of likely N-dealkylation sites (tertiary alicyclic amines) is 1. The number of anilines is 2. The molecule has 0 spiro atoms. The first kappa shape index (κ1) is 17.9. The quantitative estimate of drug-likeness (QED) is 0.857. The molecule has 0 radical (unpaired) electrons. The van der Waals surface area contributed by atoms with Crippen LogP contribution < -0.4 is 10.2 Å². The van der Waals surface area contributed by atoms with Crippen LogP contribution in [0.2, 0.25) is 5.02 Å². The average Bonchev–Trinajstić information content (AvgIpc) is 2.62. The normalized spacial score (nSPS) is 21.1. The Balaban J connectivity index is 1.74. The summed E-state index contributed by atoms with van der Waals surface area (Å²) in [6.45, 7) is 2.76. The molecule has 2 aliphatic heterocycles. The van der Waals surface area contributed by atoms with E-state index in [1.54, 1.807) is 11.0 Å². The first-order valence-electron chi connectivity index (χ1n) is 8.88. The first-order chi connectivity index (χ1) is 12.0. The Labute approximate surface area is 152 Å². The molecular formula is C18H24ClN3O3. The van der Waals surface area contributed by atoms with Crippen molar-refractivity contribution in [2.75, 3.05) is 36.4 Å². The molecule has 2 fully saturated rings. The van der Waals surface area contributed by atoms with Crippen LogP contribution in [0.5, 0.6) is 0 Å². The zero-order valence-electron chi connectivity index (χ0n) is 14.2. The maximum Gasteiger partial charge on any atom is 0.321 e. The molecule has 2 amide bonds. The lowest BCUT2D eigenvalue weighted by Gasteiger charge is -2.33. The number of carbonyl (C=O) groups excluding carboxylic acids is 1. The van der Waals surface area contributed by atoms with Gasteiger partial charge in [-0.2, -0.15) is 0 Å². The second-order valence-corrected chi connectivity index (χ2v) is 7.20. The van der Waals surface area contributed by atoms with Crippen molar-refractivity contribution in [3.63, 3.8) is 0 Å². The second-order valence-electron chi connectivity index (χ2n) is 6.76. The number of carboxylic acids is 1. The summed E-state index contributed by atoms with van der Waals surface area (Å²) in [6.07, 6.45) is 4.84. The Morgan fingerprint density at radius 2 is 1.88 bits per heavy atom. The van der Waals surface area contributed by atoms with Crippen molar-refractivity contribution in [2.24, 2.45) is 5.92 Å². The Hall–Kier alpha value is -1.95. The summed E-state index contributed by atoms with van der Waals surface area (Å²) < 4.78 is 0. The molecule has 0 saturated carbocycles. The van der Waals surface area contributed by atoms with E-state index in [1.165, 1.54) is 6.42 Å². The maximum absolute atomic E-state index is 12.6. The molecule has 0 bridgehead atoms. The summed E-state index contributed by atoms with van der Waals surface area (Å²) in [5, 5.41) is 12.7. The van der Waals surface area contributed by atoms with Crippen molar-refractivity contribution in [1.29, 1.82) is 0 Å². The molecule has 0 aliphatic carbocycles. The standard InChI is InChI=1S/C18H24ClN3O3/c19-14-6-7-16(21-8-2-1-3-9-21)15(11-14)20-18(25)22-10-4-5-13(12-22)17(23)24/h6-7,11,13H,1-5,8-10,12H2,(H,20,25)(H,23,24). The van der Waals surface area contributed by atoms with Crippen molar-refractivity contribution >= 4 is 35.0 Å². The number of aliphatic carboxylic acids is 1. The topological polar surface area (TPSA) is 72.9 Å². The lowest BCUT2D eigenvalue weighted by Crippen LogP contribution is -2.44. The number of rotatable bonds is 3. The Kier molecular flexibility index (Phi) is 5.68. The monoisotopic (exact) mass is 365 g/mol. The van der Waals surface area contributed by atoms with Gasteiger partial charge in [-0.25, -0.2) is 4.79 Å². The molecule has 136 valence electrons. The number of carbonyl (C=O) groups is 2. The molecule has 25 heavy (non-hydrogen) atoms. The van der Waals surface area contributed by atoms with Crippen molar-refractivity contribution < 1.29 is 14.7 Å². The largest absolute Gasteiger partial charge is 0.481 e. The van der Waals surface area contributed by atoms with Crippen LogP contribution in [0.1, 0.15) is 32.1 Å². The summed E-state index contributed by atoms with van der Waals surface area (Å²) in [7, 11) is 0. The van der Waals surface area contributed by atoms with Gasteiger partial charge in [0.15, 0.2) is 0 Å². The van der Waals surface area contributed by atoms with Crippen LogP contribution in [0.25, 0.3) is 0 Å². The highest BCUT2D eigenvalue weighted by atomic mass is 35.5. The molecular weight excluding hydrogens is 342 g/mol. The van der Waals surface area contributed by atoms with E-state index in [0.717, 1.165) is 31.6 Å². The smallest absolute Gasteiger partial charge is 0.321 e. The number of benzene rings is 1. The number of hydrogen-bond acceptors (Lipinski definition) is 3. The van der Waals surface area contributed by atoms with Gasteiger partial charge in [-0.3, -0.25) is 4.79 Å². The molecule has 1 atom stereocenters. The molecule has 2 N–H and O–H groups in total. The lowest BCUT2D eigenvalue weighted by atomic mass is 9.99. The summed E-state index contributed by atoms with van der Waals surface area (Å²) in [5.74, 6) is -1.32. The van der Waals surface area contributed by atoms with Crippen LogP contribution in [0.3, 0.4) is 0 Å². The van der Waals surface area contributed by atoms with Gasteiger partial charge in [-0.1, -0.05) is 11.6 Å². The van der Waals surface area contributed by atoms with E-state index in [2.05, 4.69) is 10.2 Å². The van der Waals surface area contributed by atoms with Crippen molar-refractivity contribution in [3.8, 4) is 0 Å². The van der Waals surface area contributed by atoms with Gasteiger partial charge < -0.3 is 20.2 Å². The fraction of sp³-hybridized carbons (Fsp3) is 0.556. The number of hydrogen-bond donors (Lipinski definition) is 2. The van der Waals surface area contributed by atoms with Crippen LogP contribution in [0.4, 0.5) is 16.2 Å². The number of piperidine rings is 2. The van der Waals surface area contributed by atoms with Crippen LogP contribution in [0, 0.1) is 5.92 Å². The number of halogens is 1. The average molecular weight is 366 g/mol. The fourth-order valence-corrected chi connectivity index (χ4v) is 3.75. The minimum absolute atomic E-state index is 0.251. The van der Waals surface area contributed by atoms with Crippen LogP contribution in [0.15, 0.2) is 18.2 Å². The maximum atomic E-state index is 12.6. The van der Waals surface area contributed by atoms with Crippen LogP contribution in [-0.4, -0.2) is 48.2 Å². The SMILES string of the molecule is O=C(O)C1CCCN(C(=O)Nc2cc(Cl)ccc2N2CCCCC2)C1. The van der Waals surface area contributed by atoms with E-state index in [0.29, 0.717) is 30.1 Å². The van der Waals surface area contributed by atoms with E-state index < -0.39 is 11.9 Å². The molecule has 2 saturated heterocycles. The fourth-order valence-electron chi connectivity index (χ4n) is 3.58. The van der Waals surface area contributed by atoms with Crippen LogP contribution in [-0.2, 0) is 4.79 Å². The number of amides is 2. The Bertz CT molecular complexity index is 646. The highest BCUT2D eigenvalue weighted by Crippen LogP contribution is 2.31. The molecule has 2 aliphatic rings. The van der Waals surface area contributed by atoms with Crippen molar-refractivity contribution in [1.82, 2.24) is 4.90 Å². The van der Waals surface area contributed by atoms with Crippen LogP contribution >= 0.6 is 11.6 Å². The van der Waals surface area contributed by atoms with Gasteiger partial charge in [0.05, 0.1) is 17.3 Å². The first-order valence-corrected chi connectivity index (χ1v) is 9.25. The molecule has 1 aromatic rings. The van der Waals surface area contributed by atoms with Crippen molar-refractivity contribution in [3.05, 3.63) is 23.2 Å². The highest BCUT2D eigenvalue weighted by molar-refractivity contribution is 6.31. The van der Waals surface area contributed by atoms with Gasteiger partial charge in [-0.15, -0.1) is 0 Å². The summed E-state index contributed by atoms with van der Waals surface area (Å²) in [5.41, 5.74) is 1.67. The number of carboxylic acid groups (broad SMARTS) is 1. The van der Waals surface area contributed by atoms with E-state index in [4.69, 9.17) is 11.6 Å². The van der Waals surface area contributed by atoms with Gasteiger partial charge in [0.25, 0.3) is 0 Å². The van der Waals surface area contributed by atoms with E-state index in [1.807, 2.05) is 12.1 Å². The number of nitrogens with one attached hydrogen (secondary N) is 1. The summed E-state index contributed by atoms with van der Waals surface area (Å²) in [6, 6.07) is 5.29. The minimum Gasteiger partial charge on any atom is -0.481 e. The number of nitrogens with zero attached hydrogens (tertiary/aromatic N) is 2. The predicted octanol–water partition coefficient (Wildman–Crippen LogP) is 3.66. The minimum atomic E-state index is -0.839. The Morgan fingerprint density at radius 1 is 1.12 bits per heavy atom. The molecule has 7 heteroatoms. The van der Waals surface area contributed by atoms with Gasteiger partial charge in [-0.05, 0) is 50.3 Å². The van der Waals surface area contributed by atoms with Gasteiger partial charge >= 0.3 is 12.0 Å². The molecule has 2 heterocycles. The second kappa shape index (κ2) is 7.95. The van der Waals surface area contributed by atoms with Gasteiger partial charge in [0, 0.05) is 31.2 Å². The summed E-state index contributed by atoms with van der Waals surface area (Å²) in [4.78, 5) is 27.7. The third-order valence-electron chi connectivity index (χ3n) is 4.95. The molecule has 6 nitrogen and oxygen atoms in total. The Morgan fingerprint density at radius 3 is 2.60 bits per heavy atom. The molecule has 3 rings (SSSR count). The molecule has 0 aromatic heterocycles. The van der Waals surface area contributed by atoms with Crippen molar-refractivity contribution in [2.45, 2.75) is 32.1 Å². The summed E-state index contributed by atoms with van der Waals surface area (Å²) >= 11 is 6.13. The zero-order chi connectivity index (χ0) is 17.8. The van der Waals surface area contributed by atoms with E-state index in [9.17, 15) is 14.7 Å².